The van der Waals surface area contributed by atoms with Crippen LogP contribution in [-0.2, 0) is 4.79 Å². The third kappa shape index (κ3) is 1.31. The molecule has 0 heterocycles. The van der Waals surface area contributed by atoms with Gasteiger partial charge < -0.3 is 5.11 Å². The minimum atomic E-state index is 0.0521. The molecule has 0 saturated heterocycles. The smallest absolute Gasteiger partial charge is 0.157 e. The Morgan fingerprint density at radius 1 is 1.33 bits per heavy atom. The van der Waals surface area contributed by atoms with Gasteiger partial charge in [-0.15, -0.1) is 6.26 Å². The van der Waals surface area contributed by atoms with Crippen molar-refractivity contribution in [1.29, 1.82) is 0 Å². The van der Waals surface area contributed by atoms with E-state index in [-0.39, 0.29) is 5.78 Å². The van der Waals surface area contributed by atoms with Crippen molar-refractivity contribution in [3.8, 4) is 0 Å². The Kier molecular flexibility index (Phi) is 1.88. The van der Waals surface area contributed by atoms with Crippen molar-refractivity contribution in [3.63, 3.8) is 0 Å². The van der Waals surface area contributed by atoms with Gasteiger partial charge in [-0.05, 0) is 24.8 Å². The second kappa shape index (κ2) is 2.67. The molecular formula is C7H9O2-. The van der Waals surface area contributed by atoms with Gasteiger partial charge in [0, 0.05) is 6.42 Å². The van der Waals surface area contributed by atoms with Crippen LogP contribution < -0.4 is 5.11 Å². The molecular weight excluding hydrogens is 116 g/mol. The van der Waals surface area contributed by atoms with E-state index in [4.69, 9.17) is 0 Å². The highest BCUT2D eigenvalue weighted by molar-refractivity contribution is 5.95. The fourth-order valence-corrected chi connectivity index (χ4v) is 1.03. The van der Waals surface area contributed by atoms with E-state index in [1.54, 1.807) is 0 Å². The van der Waals surface area contributed by atoms with Crippen LogP contribution in [0.5, 0.6) is 0 Å². The summed E-state index contributed by atoms with van der Waals surface area (Å²) in [5.74, 6) is 0.0521. The first kappa shape index (κ1) is 6.33. The van der Waals surface area contributed by atoms with Crippen LogP contribution in [0.3, 0.4) is 0 Å². The van der Waals surface area contributed by atoms with Crippen molar-refractivity contribution < 1.29 is 9.90 Å². The standard InChI is InChI=1S/C7H10O2/c8-5-6-3-1-2-4-7(6)9/h5,8H,1-4H2/p-1. The molecule has 2 heteroatoms. The van der Waals surface area contributed by atoms with E-state index < -0.39 is 0 Å². The van der Waals surface area contributed by atoms with E-state index in [0.717, 1.165) is 12.8 Å². The van der Waals surface area contributed by atoms with Gasteiger partial charge in [-0.1, -0.05) is 0 Å². The molecule has 1 fully saturated rings. The van der Waals surface area contributed by atoms with Crippen molar-refractivity contribution in [2.45, 2.75) is 25.7 Å². The molecule has 0 amide bonds. The molecule has 1 aliphatic rings. The minimum Gasteiger partial charge on any atom is -0.878 e. The molecule has 0 aromatic carbocycles. The highest BCUT2D eigenvalue weighted by Gasteiger charge is 2.11. The number of carbonyl (C=O) groups excluding carboxylic acids is 1. The number of carbonyl (C=O) groups is 1. The average molecular weight is 125 g/mol. The van der Waals surface area contributed by atoms with Gasteiger partial charge in [0.1, 0.15) is 0 Å². The molecule has 1 saturated carbocycles. The molecule has 50 valence electrons. The maximum Gasteiger partial charge on any atom is 0.157 e. The summed E-state index contributed by atoms with van der Waals surface area (Å²) in [6.45, 7) is 0. The summed E-state index contributed by atoms with van der Waals surface area (Å²) in [4.78, 5) is 10.8. The number of allylic oxidation sites excluding steroid dienone is 1. The lowest BCUT2D eigenvalue weighted by molar-refractivity contribution is -0.276. The maximum atomic E-state index is 10.8. The van der Waals surface area contributed by atoms with Gasteiger partial charge in [-0.2, -0.15) is 0 Å². The molecule has 1 rings (SSSR count). The van der Waals surface area contributed by atoms with E-state index in [9.17, 15) is 9.90 Å². The van der Waals surface area contributed by atoms with Crippen LogP contribution in [0.4, 0.5) is 0 Å². The molecule has 0 aromatic rings. The van der Waals surface area contributed by atoms with E-state index in [2.05, 4.69) is 0 Å². The Morgan fingerprint density at radius 3 is 2.44 bits per heavy atom. The molecule has 1 aliphatic carbocycles. The van der Waals surface area contributed by atoms with Gasteiger partial charge >= 0.3 is 0 Å². The number of rotatable bonds is 0. The highest BCUT2D eigenvalue weighted by atomic mass is 16.2. The number of ketones is 1. The second-order valence-electron chi connectivity index (χ2n) is 2.27. The first-order valence-corrected chi connectivity index (χ1v) is 3.19. The van der Waals surface area contributed by atoms with Gasteiger partial charge in [0.15, 0.2) is 5.78 Å². The normalized spacial score (nSPS) is 24.9. The zero-order valence-electron chi connectivity index (χ0n) is 5.22. The summed E-state index contributed by atoms with van der Waals surface area (Å²) >= 11 is 0. The second-order valence-corrected chi connectivity index (χ2v) is 2.27. The summed E-state index contributed by atoms with van der Waals surface area (Å²) in [6.07, 6.45) is 3.92. The largest absolute Gasteiger partial charge is 0.878 e. The zero-order chi connectivity index (χ0) is 6.69. The van der Waals surface area contributed by atoms with Gasteiger partial charge in [0.05, 0.1) is 0 Å². The zero-order valence-corrected chi connectivity index (χ0v) is 5.22. The summed E-state index contributed by atoms with van der Waals surface area (Å²) in [6, 6.07) is 0. The van der Waals surface area contributed by atoms with Crippen LogP contribution in [0.15, 0.2) is 11.8 Å². The van der Waals surface area contributed by atoms with Gasteiger partial charge in [0.2, 0.25) is 0 Å². The molecule has 0 radical (unpaired) electrons. The van der Waals surface area contributed by atoms with Gasteiger partial charge in [0.25, 0.3) is 0 Å². The highest BCUT2D eigenvalue weighted by Crippen LogP contribution is 2.17. The van der Waals surface area contributed by atoms with Crippen molar-refractivity contribution >= 4 is 5.78 Å². The average Bonchev–Trinajstić information content (AvgIpc) is 1.89. The maximum absolute atomic E-state index is 10.8. The number of hydrogen-bond donors (Lipinski definition) is 0. The van der Waals surface area contributed by atoms with Crippen LogP contribution in [0, 0.1) is 0 Å². The Hall–Kier alpha value is -0.790. The number of hydrogen-bond acceptors (Lipinski definition) is 2. The molecule has 0 bridgehead atoms. The SMILES string of the molecule is O=C1CCCCC1=C[O-]. The molecule has 9 heavy (non-hydrogen) atoms. The topological polar surface area (TPSA) is 40.1 Å². The van der Waals surface area contributed by atoms with E-state index in [0.29, 0.717) is 24.7 Å². The fraction of sp³-hybridized carbons (Fsp3) is 0.571. The lowest BCUT2D eigenvalue weighted by atomic mass is 9.95. The van der Waals surface area contributed by atoms with Crippen LogP contribution in [0.1, 0.15) is 25.7 Å². The molecule has 0 aromatic heterocycles. The molecule has 0 N–H and O–H groups in total. The van der Waals surface area contributed by atoms with E-state index >= 15 is 0 Å². The summed E-state index contributed by atoms with van der Waals surface area (Å²) in [5, 5.41) is 10.1. The lowest BCUT2D eigenvalue weighted by Crippen LogP contribution is -2.10. The third-order valence-corrected chi connectivity index (χ3v) is 1.60. The van der Waals surface area contributed by atoms with Gasteiger partial charge in [-0.3, -0.25) is 4.79 Å². The molecule has 0 aliphatic heterocycles. The quantitative estimate of drug-likeness (QED) is 0.346. The Bertz CT molecular complexity index is 147. The Labute approximate surface area is 54.2 Å². The van der Waals surface area contributed by atoms with Crippen molar-refractivity contribution in [2.75, 3.05) is 0 Å². The van der Waals surface area contributed by atoms with Crippen LogP contribution >= 0.6 is 0 Å². The predicted molar refractivity (Wildman–Crippen MR) is 31.6 cm³/mol. The molecule has 2 nitrogen and oxygen atoms in total. The number of Topliss-reactive ketones (excluding diaryl/α,β-unsaturated/α-hetero) is 1. The fourth-order valence-electron chi connectivity index (χ4n) is 1.03. The van der Waals surface area contributed by atoms with Crippen molar-refractivity contribution in [2.24, 2.45) is 0 Å². The van der Waals surface area contributed by atoms with Gasteiger partial charge in [-0.25, -0.2) is 0 Å². The summed E-state index contributed by atoms with van der Waals surface area (Å²) in [7, 11) is 0. The first-order valence-electron chi connectivity index (χ1n) is 3.19. The first-order chi connectivity index (χ1) is 4.34. The summed E-state index contributed by atoms with van der Waals surface area (Å²) in [5.41, 5.74) is 0.487. The van der Waals surface area contributed by atoms with Crippen molar-refractivity contribution in [1.82, 2.24) is 0 Å². The lowest BCUT2D eigenvalue weighted by Gasteiger charge is -2.13. The third-order valence-electron chi connectivity index (χ3n) is 1.60. The Balaban J connectivity index is 2.60. The molecule has 0 atom stereocenters. The van der Waals surface area contributed by atoms with Crippen molar-refractivity contribution in [3.05, 3.63) is 11.8 Å². The van der Waals surface area contributed by atoms with E-state index in [1.165, 1.54) is 0 Å². The minimum absolute atomic E-state index is 0.0521. The Morgan fingerprint density at radius 2 is 2.00 bits per heavy atom. The van der Waals surface area contributed by atoms with E-state index in [1.807, 2.05) is 0 Å². The van der Waals surface area contributed by atoms with Crippen LogP contribution in [0.25, 0.3) is 0 Å². The van der Waals surface area contributed by atoms with Crippen LogP contribution in [0.2, 0.25) is 0 Å². The predicted octanol–water partition coefficient (Wildman–Crippen LogP) is 0.374. The summed E-state index contributed by atoms with van der Waals surface area (Å²) < 4.78 is 0. The van der Waals surface area contributed by atoms with Crippen LogP contribution in [-0.4, -0.2) is 5.78 Å². The monoisotopic (exact) mass is 125 g/mol. The molecule has 0 unspecified atom stereocenters. The molecule has 0 spiro atoms.